The lowest BCUT2D eigenvalue weighted by atomic mass is 9.93. The van der Waals surface area contributed by atoms with Gasteiger partial charge < -0.3 is 25.6 Å². The molecule has 0 saturated heterocycles. The van der Waals surface area contributed by atoms with Crippen LogP contribution in [0.3, 0.4) is 0 Å². The minimum absolute atomic E-state index is 0.0324. The normalized spacial score (nSPS) is 20.9. The SMILES string of the molecule is Cc1cc(Oc2ccccc2)ccc1N1c2ccnc3sc(C(=O)N[C@H]4CC[C@H](O)CC4)c(c23)NC1O. The Morgan fingerprint density at radius 2 is 1.84 bits per heavy atom. The van der Waals surface area contributed by atoms with E-state index in [0.717, 1.165) is 45.7 Å². The zero-order chi connectivity index (χ0) is 25.5. The van der Waals surface area contributed by atoms with Gasteiger partial charge >= 0.3 is 0 Å². The third-order valence-electron chi connectivity index (χ3n) is 6.99. The van der Waals surface area contributed by atoms with Crippen LogP contribution in [-0.4, -0.2) is 39.6 Å². The van der Waals surface area contributed by atoms with E-state index in [4.69, 9.17) is 4.74 Å². The lowest BCUT2D eigenvalue weighted by Crippen LogP contribution is -2.41. The molecule has 1 amide bonds. The quantitative estimate of drug-likeness (QED) is 0.286. The highest BCUT2D eigenvalue weighted by atomic mass is 32.1. The predicted molar refractivity (Wildman–Crippen MR) is 145 cm³/mol. The number of aryl methyl sites for hydroxylation is 1. The van der Waals surface area contributed by atoms with Crippen LogP contribution in [-0.2, 0) is 0 Å². The minimum atomic E-state index is -1.08. The molecule has 0 bridgehead atoms. The van der Waals surface area contributed by atoms with Gasteiger partial charge in [0.15, 0.2) is 0 Å². The van der Waals surface area contributed by atoms with Gasteiger partial charge in [-0.05, 0) is 74.6 Å². The first-order chi connectivity index (χ1) is 18.0. The molecule has 1 aliphatic carbocycles. The number of para-hydroxylation sites is 1. The van der Waals surface area contributed by atoms with Gasteiger partial charge in [0, 0.05) is 17.9 Å². The first-order valence-corrected chi connectivity index (χ1v) is 13.3. The fraction of sp³-hybridized carbons (Fsp3) is 0.286. The Bertz CT molecular complexity index is 1450. The number of ether oxygens (including phenoxy) is 1. The molecule has 9 heteroatoms. The van der Waals surface area contributed by atoms with E-state index in [2.05, 4.69) is 15.6 Å². The number of hydrogen-bond acceptors (Lipinski definition) is 8. The molecular weight excluding hydrogens is 488 g/mol. The summed E-state index contributed by atoms with van der Waals surface area (Å²) in [6.07, 6.45) is 3.23. The Kier molecular flexibility index (Phi) is 6.19. The van der Waals surface area contributed by atoms with Crippen LogP contribution in [0.5, 0.6) is 11.5 Å². The van der Waals surface area contributed by atoms with Crippen molar-refractivity contribution < 1.29 is 19.7 Å². The van der Waals surface area contributed by atoms with Crippen molar-refractivity contribution >= 4 is 44.5 Å². The number of nitrogens with zero attached hydrogens (tertiary/aromatic N) is 2. The molecule has 6 rings (SSSR count). The summed E-state index contributed by atoms with van der Waals surface area (Å²) in [5.74, 6) is 1.28. The van der Waals surface area contributed by atoms with Crippen LogP contribution >= 0.6 is 11.3 Å². The zero-order valence-corrected chi connectivity index (χ0v) is 21.2. The molecule has 4 N–H and O–H groups in total. The molecule has 2 aromatic heterocycles. The summed E-state index contributed by atoms with van der Waals surface area (Å²) in [4.78, 5) is 20.8. The number of thiophene rings is 1. The topological polar surface area (TPSA) is 107 Å². The summed E-state index contributed by atoms with van der Waals surface area (Å²) < 4.78 is 5.98. The summed E-state index contributed by atoms with van der Waals surface area (Å²) in [6, 6.07) is 17.2. The second-order valence-electron chi connectivity index (χ2n) is 9.55. The smallest absolute Gasteiger partial charge is 0.263 e. The van der Waals surface area contributed by atoms with Crippen molar-refractivity contribution in [1.82, 2.24) is 10.3 Å². The first-order valence-electron chi connectivity index (χ1n) is 12.5. The zero-order valence-electron chi connectivity index (χ0n) is 20.3. The van der Waals surface area contributed by atoms with Gasteiger partial charge in [-0.1, -0.05) is 18.2 Å². The van der Waals surface area contributed by atoms with E-state index in [0.29, 0.717) is 29.2 Å². The highest BCUT2D eigenvalue weighted by molar-refractivity contribution is 7.21. The number of benzene rings is 2. The van der Waals surface area contributed by atoms with Crippen LogP contribution in [0.15, 0.2) is 60.8 Å². The molecule has 190 valence electrons. The summed E-state index contributed by atoms with van der Waals surface area (Å²) >= 11 is 1.31. The van der Waals surface area contributed by atoms with Gasteiger partial charge in [0.25, 0.3) is 5.91 Å². The number of pyridine rings is 1. The van der Waals surface area contributed by atoms with Crippen LogP contribution in [0.4, 0.5) is 17.1 Å². The number of nitrogens with one attached hydrogen (secondary N) is 2. The molecule has 2 aromatic carbocycles. The van der Waals surface area contributed by atoms with Crippen molar-refractivity contribution in [3.63, 3.8) is 0 Å². The predicted octanol–water partition coefficient (Wildman–Crippen LogP) is 5.27. The van der Waals surface area contributed by atoms with Gasteiger partial charge in [0.05, 0.1) is 22.9 Å². The summed E-state index contributed by atoms with van der Waals surface area (Å²) in [5, 5.41) is 28.1. The van der Waals surface area contributed by atoms with Crippen molar-refractivity contribution in [2.24, 2.45) is 0 Å². The Hall–Kier alpha value is -3.66. The molecule has 1 atom stereocenters. The lowest BCUT2D eigenvalue weighted by Gasteiger charge is -2.36. The van der Waals surface area contributed by atoms with E-state index >= 15 is 0 Å². The number of aromatic nitrogens is 1. The molecule has 3 heterocycles. The average Bonchev–Trinajstić information content (AvgIpc) is 3.27. The molecule has 1 saturated carbocycles. The highest BCUT2D eigenvalue weighted by Crippen LogP contribution is 2.47. The number of aliphatic hydroxyl groups excluding tert-OH is 2. The van der Waals surface area contributed by atoms with E-state index in [1.54, 1.807) is 6.20 Å². The number of anilines is 3. The molecule has 0 radical (unpaired) electrons. The number of hydrogen-bond donors (Lipinski definition) is 4. The van der Waals surface area contributed by atoms with Crippen molar-refractivity contribution in [2.45, 2.75) is 51.1 Å². The summed E-state index contributed by atoms with van der Waals surface area (Å²) in [5.41, 5.74) is 3.12. The Labute approximate surface area is 218 Å². The molecule has 1 fully saturated rings. The summed E-state index contributed by atoms with van der Waals surface area (Å²) in [6.45, 7) is 1.97. The largest absolute Gasteiger partial charge is 0.457 e. The van der Waals surface area contributed by atoms with Gasteiger partial charge in [0.2, 0.25) is 6.35 Å². The molecular formula is C28H28N4O4S. The molecule has 1 aliphatic heterocycles. The average molecular weight is 517 g/mol. The van der Waals surface area contributed by atoms with Crippen LogP contribution in [0.1, 0.15) is 40.9 Å². The van der Waals surface area contributed by atoms with E-state index in [-0.39, 0.29) is 18.1 Å². The fourth-order valence-corrected chi connectivity index (χ4v) is 6.18. The number of aliphatic hydroxyl groups is 2. The van der Waals surface area contributed by atoms with Crippen LogP contribution in [0.2, 0.25) is 0 Å². The van der Waals surface area contributed by atoms with E-state index in [1.807, 2.05) is 66.4 Å². The van der Waals surface area contributed by atoms with Gasteiger partial charge in [-0.25, -0.2) is 4.98 Å². The van der Waals surface area contributed by atoms with E-state index in [1.165, 1.54) is 11.3 Å². The third-order valence-corrected chi connectivity index (χ3v) is 8.09. The monoisotopic (exact) mass is 516 g/mol. The third kappa shape index (κ3) is 4.50. The standard InChI is InChI=1S/C28H28N4O4S/c1-16-15-20(36-19-5-3-2-4-6-19)11-12-21(16)32-22-13-14-29-27-23(22)24(31-28(32)35)25(37-27)26(34)30-17-7-9-18(33)10-8-17/h2-6,11-15,17-18,28,31,33,35H,7-10H2,1H3,(H,30,34)/t17-,18-,28?. The highest BCUT2D eigenvalue weighted by Gasteiger charge is 2.34. The number of amides is 1. The Balaban J connectivity index is 1.32. The van der Waals surface area contributed by atoms with Crippen LogP contribution in [0, 0.1) is 6.92 Å². The molecule has 0 spiro atoms. The van der Waals surface area contributed by atoms with Gasteiger partial charge in [0.1, 0.15) is 21.2 Å². The summed E-state index contributed by atoms with van der Waals surface area (Å²) in [7, 11) is 0. The maximum absolute atomic E-state index is 13.2. The van der Waals surface area contributed by atoms with Gasteiger partial charge in [-0.3, -0.25) is 9.69 Å². The molecule has 2 aliphatic rings. The number of rotatable bonds is 5. The van der Waals surface area contributed by atoms with Crippen LogP contribution in [0.25, 0.3) is 10.2 Å². The van der Waals surface area contributed by atoms with Crippen molar-refractivity contribution in [2.75, 3.05) is 10.2 Å². The molecule has 4 aromatic rings. The molecule has 8 nitrogen and oxygen atoms in total. The fourth-order valence-electron chi connectivity index (χ4n) is 5.15. The Morgan fingerprint density at radius 3 is 2.59 bits per heavy atom. The number of carbonyl (C=O) groups is 1. The Morgan fingerprint density at radius 1 is 1.05 bits per heavy atom. The first kappa shape index (κ1) is 23.7. The van der Waals surface area contributed by atoms with E-state index < -0.39 is 6.35 Å². The number of carbonyl (C=O) groups excluding carboxylic acids is 1. The van der Waals surface area contributed by atoms with Crippen molar-refractivity contribution in [1.29, 1.82) is 0 Å². The maximum Gasteiger partial charge on any atom is 0.263 e. The molecule has 37 heavy (non-hydrogen) atoms. The maximum atomic E-state index is 13.2. The minimum Gasteiger partial charge on any atom is -0.457 e. The van der Waals surface area contributed by atoms with Crippen LogP contribution < -0.4 is 20.3 Å². The van der Waals surface area contributed by atoms with Gasteiger partial charge in [-0.15, -0.1) is 11.3 Å². The second kappa shape index (κ2) is 9.66. The van der Waals surface area contributed by atoms with Crippen molar-refractivity contribution in [3.05, 3.63) is 71.2 Å². The lowest BCUT2D eigenvalue weighted by molar-refractivity contribution is 0.0871. The van der Waals surface area contributed by atoms with E-state index in [9.17, 15) is 15.0 Å². The van der Waals surface area contributed by atoms with Gasteiger partial charge in [-0.2, -0.15) is 0 Å². The second-order valence-corrected chi connectivity index (χ2v) is 10.5. The van der Waals surface area contributed by atoms with Crippen molar-refractivity contribution in [3.8, 4) is 11.5 Å². The molecule has 1 unspecified atom stereocenters.